The Morgan fingerprint density at radius 3 is 2.45 bits per heavy atom. The van der Waals surface area contributed by atoms with Gasteiger partial charge in [-0.05, 0) is 69.6 Å². The topological polar surface area (TPSA) is 62.3 Å². The van der Waals surface area contributed by atoms with Gasteiger partial charge in [0.05, 0.1) is 17.0 Å². The van der Waals surface area contributed by atoms with Gasteiger partial charge in [-0.3, -0.25) is 4.90 Å². The Morgan fingerprint density at radius 1 is 1.09 bits per heavy atom. The molecule has 0 radical (unpaired) electrons. The third-order valence-electron chi connectivity index (χ3n) is 5.79. The first-order chi connectivity index (χ1) is 15.5. The molecule has 0 unspecified atom stereocenters. The van der Waals surface area contributed by atoms with E-state index in [-0.39, 0.29) is 23.0 Å². The van der Waals surface area contributed by atoms with E-state index >= 15 is 0 Å². The molecule has 3 rings (SSSR count). The van der Waals surface area contributed by atoms with Crippen molar-refractivity contribution in [3.8, 4) is 0 Å². The van der Waals surface area contributed by atoms with Gasteiger partial charge < -0.3 is 5.32 Å². The van der Waals surface area contributed by atoms with Crippen LogP contribution < -0.4 is 5.32 Å². The number of nitrogens with zero attached hydrogens (tertiary/aromatic N) is 2. The number of sulfone groups is 1. The molecular weight excluding hydrogens is 464 g/mol. The summed E-state index contributed by atoms with van der Waals surface area (Å²) in [5.41, 5.74) is 5.28. The van der Waals surface area contributed by atoms with Gasteiger partial charge in [-0.1, -0.05) is 6.07 Å². The summed E-state index contributed by atoms with van der Waals surface area (Å²) in [6.45, 7) is 8.52. The Morgan fingerprint density at radius 2 is 1.82 bits per heavy atom. The van der Waals surface area contributed by atoms with Crippen LogP contribution in [0.2, 0.25) is 0 Å². The average Bonchev–Trinajstić information content (AvgIpc) is 3.24. The first kappa shape index (κ1) is 25.3. The summed E-state index contributed by atoms with van der Waals surface area (Å²) in [5, 5.41) is 4.73. The number of halogens is 2. The summed E-state index contributed by atoms with van der Waals surface area (Å²) in [5.74, 6) is -1.54. The van der Waals surface area contributed by atoms with Gasteiger partial charge in [-0.25, -0.2) is 22.2 Å². The Hall–Kier alpha value is -2.36. The lowest BCUT2D eigenvalue weighted by atomic mass is 10.00. The van der Waals surface area contributed by atoms with E-state index in [1.165, 1.54) is 29.0 Å². The molecule has 1 heterocycles. The summed E-state index contributed by atoms with van der Waals surface area (Å²) in [7, 11) is -1.90. The van der Waals surface area contributed by atoms with E-state index in [2.05, 4.69) is 29.0 Å². The number of hydrogen-bond acceptors (Lipinski definition) is 6. The fourth-order valence-corrected chi connectivity index (χ4v) is 5.55. The maximum Gasteiger partial charge on any atom is 0.187 e. The molecule has 178 valence electrons. The van der Waals surface area contributed by atoms with E-state index in [1.807, 2.05) is 14.0 Å². The van der Waals surface area contributed by atoms with Crippen LogP contribution in [0.1, 0.15) is 41.8 Å². The highest BCUT2D eigenvalue weighted by atomic mass is 32.2. The van der Waals surface area contributed by atoms with Gasteiger partial charge in [0, 0.05) is 35.8 Å². The molecule has 0 atom stereocenters. The first-order valence-electron chi connectivity index (χ1n) is 10.6. The van der Waals surface area contributed by atoms with Crippen molar-refractivity contribution in [2.75, 3.05) is 12.4 Å². The van der Waals surface area contributed by atoms with E-state index in [0.717, 1.165) is 17.2 Å². The first-order valence-corrected chi connectivity index (χ1v) is 13.2. The van der Waals surface area contributed by atoms with Crippen LogP contribution in [0.5, 0.6) is 0 Å². The highest BCUT2D eigenvalue weighted by molar-refractivity contribution is 7.90. The van der Waals surface area contributed by atoms with Gasteiger partial charge in [0.1, 0.15) is 16.5 Å². The lowest BCUT2D eigenvalue weighted by molar-refractivity contribution is 0.264. The van der Waals surface area contributed by atoms with Crippen molar-refractivity contribution < 1.29 is 17.2 Å². The largest absolute Gasteiger partial charge is 0.381 e. The lowest BCUT2D eigenvalue weighted by Crippen LogP contribution is -2.27. The number of aryl methyl sites for hydroxylation is 2. The van der Waals surface area contributed by atoms with Gasteiger partial charge in [0.2, 0.25) is 0 Å². The van der Waals surface area contributed by atoms with Crippen LogP contribution in [0, 0.1) is 25.5 Å². The molecule has 5 nitrogen and oxygen atoms in total. The number of anilines is 1. The minimum atomic E-state index is -3.89. The molecule has 0 bridgehead atoms. The summed E-state index contributed by atoms with van der Waals surface area (Å²) in [6, 6.07) is 5.97. The molecule has 0 saturated carbocycles. The number of thiazole rings is 1. The van der Waals surface area contributed by atoms with Crippen LogP contribution in [-0.2, 0) is 28.7 Å². The van der Waals surface area contributed by atoms with E-state index in [4.69, 9.17) is 0 Å². The Balaban J connectivity index is 1.86. The highest BCUT2D eigenvalue weighted by Gasteiger charge is 2.23. The number of hydrogen-bond donors (Lipinski definition) is 1. The standard InChI is InChI=1S/C24H29F2N3O2S2/c1-15(2)29(5)11-20-16(3)6-7-21(25)19(20)10-27-23-9-22(26)24(8-17(23)4)33(30,31)13-18-12-32-14-28-18/h6-9,12,14-15,27H,10-11,13H2,1-5H3. The molecule has 0 aliphatic rings. The SMILES string of the molecule is Cc1cc(S(=O)(=O)Cc2cscn2)c(F)cc1NCc1c(F)ccc(C)c1CN(C)C(C)C. The zero-order chi connectivity index (χ0) is 24.3. The lowest BCUT2D eigenvalue weighted by Gasteiger charge is -2.24. The summed E-state index contributed by atoms with van der Waals surface area (Å²) < 4.78 is 55.0. The van der Waals surface area contributed by atoms with Crippen LogP contribution in [0.4, 0.5) is 14.5 Å². The summed E-state index contributed by atoms with van der Waals surface area (Å²) >= 11 is 1.29. The van der Waals surface area contributed by atoms with E-state index in [9.17, 15) is 17.2 Å². The molecule has 0 saturated heterocycles. The second-order valence-electron chi connectivity index (χ2n) is 8.52. The fourth-order valence-electron chi connectivity index (χ4n) is 3.47. The molecule has 0 aliphatic carbocycles. The molecule has 0 fully saturated rings. The third-order valence-corrected chi connectivity index (χ3v) is 8.08. The number of benzene rings is 2. The van der Waals surface area contributed by atoms with Crippen LogP contribution >= 0.6 is 11.3 Å². The van der Waals surface area contributed by atoms with Crippen molar-refractivity contribution in [3.63, 3.8) is 0 Å². The van der Waals surface area contributed by atoms with Crippen molar-refractivity contribution >= 4 is 26.9 Å². The molecule has 9 heteroatoms. The quantitative estimate of drug-likeness (QED) is 0.429. The monoisotopic (exact) mass is 493 g/mol. The zero-order valence-corrected chi connectivity index (χ0v) is 21.1. The van der Waals surface area contributed by atoms with E-state index in [1.54, 1.807) is 18.4 Å². The Kier molecular flexibility index (Phi) is 7.87. The minimum Gasteiger partial charge on any atom is -0.381 e. The minimum absolute atomic E-state index is 0.153. The molecule has 2 aromatic carbocycles. The summed E-state index contributed by atoms with van der Waals surface area (Å²) in [6.07, 6.45) is 0. The maximum atomic E-state index is 14.8. The predicted molar refractivity (Wildman–Crippen MR) is 129 cm³/mol. The number of nitrogens with one attached hydrogen (secondary N) is 1. The third kappa shape index (κ3) is 5.96. The van der Waals surface area contributed by atoms with Crippen molar-refractivity contribution in [2.45, 2.75) is 57.5 Å². The number of rotatable bonds is 9. The maximum absolute atomic E-state index is 14.8. The summed E-state index contributed by atoms with van der Waals surface area (Å²) in [4.78, 5) is 5.74. The van der Waals surface area contributed by atoms with E-state index in [0.29, 0.717) is 35.1 Å². The zero-order valence-electron chi connectivity index (χ0n) is 19.4. The fraction of sp³-hybridized carbons (Fsp3) is 0.375. The second kappa shape index (κ2) is 10.3. The highest BCUT2D eigenvalue weighted by Crippen LogP contribution is 2.28. The molecule has 3 aromatic rings. The smallest absolute Gasteiger partial charge is 0.187 e. The van der Waals surface area contributed by atoms with Gasteiger partial charge >= 0.3 is 0 Å². The van der Waals surface area contributed by atoms with Crippen molar-refractivity contribution in [3.05, 3.63) is 74.7 Å². The Labute approximate surface area is 198 Å². The van der Waals surface area contributed by atoms with Gasteiger partial charge in [-0.15, -0.1) is 11.3 Å². The molecule has 0 amide bonds. The molecular formula is C24H29F2N3O2S2. The molecule has 1 N–H and O–H groups in total. The van der Waals surface area contributed by atoms with Gasteiger partial charge in [0.15, 0.2) is 9.84 Å². The van der Waals surface area contributed by atoms with Crippen LogP contribution in [0.25, 0.3) is 0 Å². The number of aromatic nitrogens is 1. The van der Waals surface area contributed by atoms with Gasteiger partial charge in [0.25, 0.3) is 0 Å². The van der Waals surface area contributed by atoms with Crippen molar-refractivity contribution in [1.82, 2.24) is 9.88 Å². The normalized spacial score (nSPS) is 12.0. The molecule has 33 heavy (non-hydrogen) atoms. The van der Waals surface area contributed by atoms with Crippen molar-refractivity contribution in [1.29, 1.82) is 0 Å². The van der Waals surface area contributed by atoms with Crippen molar-refractivity contribution in [2.24, 2.45) is 0 Å². The average molecular weight is 494 g/mol. The second-order valence-corrected chi connectivity index (χ2v) is 11.2. The van der Waals surface area contributed by atoms with Crippen LogP contribution in [0.3, 0.4) is 0 Å². The molecule has 0 spiro atoms. The Bertz CT molecular complexity index is 1230. The van der Waals surface area contributed by atoms with Crippen LogP contribution in [-0.4, -0.2) is 31.4 Å². The molecule has 1 aromatic heterocycles. The predicted octanol–water partition coefficient (Wildman–Crippen LogP) is 5.46. The van der Waals surface area contributed by atoms with E-state index < -0.39 is 15.7 Å². The van der Waals surface area contributed by atoms with Gasteiger partial charge in [-0.2, -0.15) is 0 Å². The van der Waals surface area contributed by atoms with Crippen LogP contribution in [0.15, 0.2) is 40.1 Å². The molecule has 0 aliphatic heterocycles.